The van der Waals surface area contributed by atoms with Gasteiger partial charge < -0.3 is 14.8 Å². The van der Waals surface area contributed by atoms with Gasteiger partial charge in [0, 0.05) is 17.1 Å². The minimum atomic E-state index is -0.550. The topological polar surface area (TPSA) is 45.4 Å². The van der Waals surface area contributed by atoms with Crippen LogP contribution in [0.15, 0.2) is 65.1 Å². The first-order valence-electron chi connectivity index (χ1n) is 7.61. The van der Waals surface area contributed by atoms with Crippen LogP contribution in [0.4, 0.5) is 0 Å². The van der Waals surface area contributed by atoms with Crippen molar-refractivity contribution in [2.45, 2.75) is 12.6 Å². The molecule has 0 aliphatic carbocycles. The zero-order valence-corrected chi connectivity index (χ0v) is 15.6. The molecule has 1 atom stereocenters. The third-order valence-corrected chi connectivity index (χ3v) is 4.23. The summed E-state index contributed by atoms with van der Waals surface area (Å²) < 4.78 is 5.81. The lowest BCUT2D eigenvalue weighted by Gasteiger charge is -2.11. The maximum Gasteiger partial charge on any atom is 0.135 e. The Morgan fingerprint density at radius 2 is 1.76 bits per heavy atom. The Morgan fingerprint density at radius 1 is 1.00 bits per heavy atom. The molecule has 0 saturated heterocycles. The third kappa shape index (κ3) is 5.24. The van der Waals surface area contributed by atoms with Gasteiger partial charge in [0.2, 0.25) is 0 Å². The van der Waals surface area contributed by atoms with Crippen LogP contribution < -0.4 is 5.32 Å². The molecule has 1 aromatic heterocycles. The summed E-state index contributed by atoms with van der Waals surface area (Å²) >= 11 is 12.1. The molecule has 3 aromatic rings. The van der Waals surface area contributed by atoms with Crippen LogP contribution >= 0.6 is 35.6 Å². The van der Waals surface area contributed by atoms with Crippen LogP contribution in [0.1, 0.15) is 17.4 Å². The van der Waals surface area contributed by atoms with Gasteiger partial charge in [-0.1, -0.05) is 53.5 Å². The second kappa shape index (κ2) is 9.27. The van der Waals surface area contributed by atoms with Gasteiger partial charge in [-0.25, -0.2) is 0 Å². The molecule has 132 valence electrons. The van der Waals surface area contributed by atoms with Gasteiger partial charge in [0.25, 0.3) is 0 Å². The molecule has 0 aliphatic heterocycles. The van der Waals surface area contributed by atoms with E-state index in [1.165, 1.54) is 0 Å². The SMILES string of the molecule is Cl.OC(CNCc1ccc(-c2ccc(Cl)cc2Cl)o1)c1ccccc1. The van der Waals surface area contributed by atoms with E-state index in [-0.39, 0.29) is 12.4 Å². The van der Waals surface area contributed by atoms with Gasteiger partial charge in [-0.05, 0) is 35.9 Å². The molecule has 25 heavy (non-hydrogen) atoms. The Hall–Kier alpha value is -1.49. The lowest BCUT2D eigenvalue weighted by Crippen LogP contribution is -2.20. The van der Waals surface area contributed by atoms with E-state index in [1.54, 1.807) is 12.1 Å². The van der Waals surface area contributed by atoms with Crippen LogP contribution in [0.25, 0.3) is 11.3 Å². The van der Waals surface area contributed by atoms with E-state index in [0.29, 0.717) is 28.9 Å². The summed E-state index contributed by atoms with van der Waals surface area (Å²) in [4.78, 5) is 0. The molecular formula is C19H18Cl3NO2. The molecule has 0 amide bonds. The van der Waals surface area contributed by atoms with Crippen molar-refractivity contribution in [1.29, 1.82) is 0 Å². The highest BCUT2D eigenvalue weighted by Gasteiger charge is 2.10. The predicted molar refractivity (Wildman–Crippen MR) is 105 cm³/mol. The number of hydrogen-bond donors (Lipinski definition) is 2. The normalized spacial score (nSPS) is 11.8. The fraction of sp³-hybridized carbons (Fsp3) is 0.158. The molecule has 0 radical (unpaired) electrons. The van der Waals surface area contributed by atoms with Crippen molar-refractivity contribution in [2.75, 3.05) is 6.54 Å². The zero-order chi connectivity index (χ0) is 16.9. The largest absolute Gasteiger partial charge is 0.460 e. The van der Waals surface area contributed by atoms with Crippen LogP contribution in [-0.2, 0) is 6.54 Å². The summed E-state index contributed by atoms with van der Waals surface area (Å²) in [6.45, 7) is 0.969. The van der Waals surface area contributed by atoms with Crippen LogP contribution in [0, 0.1) is 0 Å². The number of rotatable bonds is 6. The highest BCUT2D eigenvalue weighted by molar-refractivity contribution is 6.36. The van der Waals surface area contributed by atoms with E-state index in [1.807, 2.05) is 48.5 Å². The zero-order valence-electron chi connectivity index (χ0n) is 13.3. The number of nitrogens with one attached hydrogen (secondary N) is 1. The summed E-state index contributed by atoms with van der Waals surface area (Å²) in [5, 5.41) is 14.5. The monoisotopic (exact) mass is 397 g/mol. The van der Waals surface area contributed by atoms with Crippen molar-refractivity contribution < 1.29 is 9.52 Å². The lowest BCUT2D eigenvalue weighted by atomic mass is 10.1. The van der Waals surface area contributed by atoms with Gasteiger partial charge in [-0.2, -0.15) is 0 Å². The number of benzene rings is 2. The Labute approximate surface area is 163 Å². The molecule has 6 heteroatoms. The van der Waals surface area contributed by atoms with E-state index in [4.69, 9.17) is 27.6 Å². The first-order chi connectivity index (χ1) is 11.6. The summed E-state index contributed by atoms with van der Waals surface area (Å²) in [5.74, 6) is 1.47. The van der Waals surface area contributed by atoms with Gasteiger partial charge in [-0.3, -0.25) is 0 Å². The van der Waals surface area contributed by atoms with Crippen LogP contribution in [0.5, 0.6) is 0 Å². The second-order valence-corrected chi connectivity index (χ2v) is 6.29. The quantitative estimate of drug-likeness (QED) is 0.576. The van der Waals surface area contributed by atoms with E-state index in [2.05, 4.69) is 5.32 Å². The molecule has 1 unspecified atom stereocenters. The van der Waals surface area contributed by atoms with Crippen molar-refractivity contribution >= 4 is 35.6 Å². The van der Waals surface area contributed by atoms with Gasteiger partial charge in [0.05, 0.1) is 17.7 Å². The van der Waals surface area contributed by atoms with Crippen LogP contribution in [-0.4, -0.2) is 11.7 Å². The Bertz CT molecular complexity index is 805. The highest BCUT2D eigenvalue weighted by Crippen LogP contribution is 2.31. The van der Waals surface area contributed by atoms with E-state index in [9.17, 15) is 5.11 Å². The Morgan fingerprint density at radius 3 is 2.48 bits per heavy atom. The van der Waals surface area contributed by atoms with Crippen LogP contribution in [0.3, 0.4) is 0 Å². The fourth-order valence-corrected chi connectivity index (χ4v) is 2.93. The van der Waals surface area contributed by atoms with Crippen LogP contribution in [0.2, 0.25) is 10.0 Å². The summed E-state index contributed by atoms with van der Waals surface area (Å²) in [6.07, 6.45) is -0.550. The average molecular weight is 399 g/mol. The first kappa shape index (κ1) is 19.8. The summed E-state index contributed by atoms with van der Waals surface area (Å²) in [6, 6.07) is 18.6. The minimum Gasteiger partial charge on any atom is -0.460 e. The van der Waals surface area contributed by atoms with E-state index in [0.717, 1.165) is 16.9 Å². The number of aliphatic hydroxyl groups excluding tert-OH is 1. The standard InChI is InChI=1S/C19H17Cl2NO2.ClH/c20-14-6-8-16(17(21)10-14)19-9-7-15(24-19)11-22-12-18(23)13-4-2-1-3-5-13;/h1-10,18,22-23H,11-12H2;1H. The van der Waals surface area contributed by atoms with Gasteiger partial charge in [0.1, 0.15) is 11.5 Å². The molecule has 0 fully saturated rings. The molecular weight excluding hydrogens is 381 g/mol. The molecule has 3 nitrogen and oxygen atoms in total. The molecule has 0 spiro atoms. The maximum atomic E-state index is 10.1. The number of furan rings is 1. The molecule has 1 heterocycles. The Balaban J connectivity index is 0.00000225. The fourth-order valence-electron chi connectivity index (χ4n) is 2.43. The minimum absolute atomic E-state index is 0. The van der Waals surface area contributed by atoms with Crippen molar-refractivity contribution in [2.24, 2.45) is 0 Å². The molecule has 3 rings (SSSR count). The average Bonchev–Trinajstić information content (AvgIpc) is 3.04. The van der Waals surface area contributed by atoms with E-state index >= 15 is 0 Å². The summed E-state index contributed by atoms with van der Waals surface area (Å²) in [7, 11) is 0. The third-order valence-electron chi connectivity index (χ3n) is 3.68. The molecule has 0 saturated carbocycles. The molecule has 0 aliphatic rings. The molecule has 0 bridgehead atoms. The lowest BCUT2D eigenvalue weighted by molar-refractivity contribution is 0.173. The maximum absolute atomic E-state index is 10.1. The highest BCUT2D eigenvalue weighted by atomic mass is 35.5. The molecule has 2 aromatic carbocycles. The second-order valence-electron chi connectivity index (χ2n) is 5.45. The smallest absolute Gasteiger partial charge is 0.135 e. The number of aliphatic hydroxyl groups is 1. The van der Waals surface area contributed by atoms with Crippen molar-refractivity contribution in [3.63, 3.8) is 0 Å². The van der Waals surface area contributed by atoms with Gasteiger partial charge in [0.15, 0.2) is 0 Å². The number of halogens is 3. The van der Waals surface area contributed by atoms with Crippen molar-refractivity contribution in [3.05, 3.63) is 82.0 Å². The van der Waals surface area contributed by atoms with Gasteiger partial charge in [-0.15, -0.1) is 12.4 Å². The first-order valence-corrected chi connectivity index (χ1v) is 8.37. The summed E-state index contributed by atoms with van der Waals surface area (Å²) in [5.41, 5.74) is 1.69. The van der Waals surface area contributed by atoms with Gasteiger partial charge >= 0.3 is 0 Å². The van der Waals surface area contributed by atoms with Crippen molar-refractivity contribution in [1.82, 2.24) is 5.32 Å². The number of hydrogen-bond acceptors (Lipinski definition) is 3. The van der Waals surface area contributed by atoms with E-state index < -0.39 is 6.10 Å². The van der Waals surface area contributed by atoms with Crippen molar-refractivity contribution in [3.8, 4) is 11.3 Å². The predicted octanol–water partition coefficient (Wildman–Crippen LogP) is 5.50. The Kier molecular flexibility index (Phi) is 7.36. The molecule has 2 N–H and O–H groups in total.